The van der Waals surface area contributed by atoms with E-state index in [-0.39, 0.29) is 23.5 Å². The number of halogens is 1. The van der Waals surface area contributed by atoms with Gasteiger partial charge in [0.25, 0.3) is 20.2 Å². The first-order valence-corrected chi connectivity index (χ1v) is 23.8. The summed E-state index contributed by atoms with van der Waals surface area (Å²) in [6, 6.07) is 8.54. The summed E-state index contributed by atoms with van der Waals surface area (Å²) in [5, 5.41) is 47.9. The van der Waals surface area contributed by atoms with E-state index in [4.69, 9.17) is 16.2 Å². The molecule has 3 aromatic carbocycles. The van der Waals surface area contributed by atoms with Crippen LogP contribution in [-0.2, 0) is 49.5 Å². The number of carboxylic acids is 2. The number of carboxylic acid groups (broad SMARTS) is 2. The van der Waals surface area contributed by atoms with Crippen molar-refractivity contribution in [2.75, 3.05) is 29.1 Å². The number of nitrogens with one attached hydrogen (secondary N) is 1. The number of rotatable bonds is 19. The van der Waals surface area contributed by atoms with Gasteiger partial charge >= 0.3 is 22.3 Å². The molecule has 26 nitrogen and oxygen atoms in total. The lowest BCUT2D eigenvalue weighted by atomic mass is 10.1. The van der Waals surface area contributed by atoms with Gasteiger partial charge in [0.1, 0.15) is 11.4 Å². The number of aromatic carboxylic acids is 1. The van der Waals surface area contributed by atoms with E-state index in [0.29, 0.717) is 12.1 Å². The Morgan fingerprint density at radius 2 is 1.49 bits per heavy atom. The number of benzene rings is 3. The summed E-state index contributed by atoms with van der Waals surface area (Å²) in [4.78, 5) is 34.6. The molecule has 65 heavy (non-hydrogen) atoms. The highest BCUT2D eigenvalue weighted by Crippen LogP contribution is 2.40. The number of phenolic OH excluding ortho intramolecular Hbond substituents is 1. The summed E-state index contributed by atoms with van der Waals surface area (Å²) >= 11 is 6.21. The van der Waals surface area contributed by atoms with Gasteiger partial charge in [0, 0.05) is 17.8 Å². The molecule has 0 spiro atoms. The third-order valence-electron chi connectivity index (χ3n) is 8.24. The molecule has 0 radical (unpaired) electrons. The van der Waals surface area contributed by atoms with Crippen molar-refractivity contribution >= 4 is 98.7 Å². The van der Waals surface area contributed by atoms with E-state index in [2.05, 4.69) is 44.9 Å². The highest BCUT2D eigenvalue weighted by Gasteiger charge is 2.24. The standard InChI is InChI=1S/C34H30ClN9O17S4/c35-32-37-33(39-34(38-32)44(12-11-28(45)46)20-7-4-8-21(15-20)62(50,51)14-13-61-65(58,59)60)36-26-17-23(64(55,56)57)18-27(29(26)47)41-43-30(19-5-2-1-3-6-19)42-40-25-16-22(63(52,53)54)9-10-24(25)31(48)49/h1-5,7-10,15-18,47H,6,11-14H2,(H,45,46)(H,48,49)(H,52,53,54)(H,55,56,57)(H,58,59,60)(H,36,37,38,39)/b30-19+,42-40?,43-41?. The molecule has 0 aliphatic heterocycles. The van der Waals surface area contributed by atoms with Gasteiger partial charge in [0.05, 0.1) is 44.7 Å². The van der Waals surface area contributed by atoms with E-state index < -0.39 is 138 Å². The fraction of sp³-hybridized carbons (Fsp3) is 0.147. The number of hydrogen-bond acceptors (Lipinski definition) is 21. The van der Waals surface area contributed by atoms with Crippen molar-refractivity contribution in [3.05, 3.63) is 101 Å². The first kappa shape index (κ1) is 49.4. The molecule has 5 rings (SSSR count). The molecule has 344 valence electrons. The van der Waals surface area contributed by atoms with Gasteiger partial charge in [-0.25, -0.2) is 17.4 Å². The van der Waals surface area contributed by atoms with E-state index in [1.54, 1.807) is 18.2 Å². The lowest BCUT2D eigenvalue weighted by molar-refractivity contribution is -0.136. The Morgan fingerprint density at radius 3 is 2.11 bits per heavy atom. The minimum absolute atomic E-state index is 0.0501. The Bertz CT molecular complexity index is 3180. The Kier molecular flexibility index (Phi) is 15.2. The van der Waals surface area contributed by atoms with E-state index in [1.165, 1.54) is 18.2 Å². The van der Waals surface area contributed by atoms with Crippen molar-refractivity contribution in [3.8, 4) is 5.75 Å². The van der Waals surface area contributed by atoms with E-state index in [9.17, 15) is 67.7 Å². The Morgan fingerprint density at radius 1 is 0.815 bits per heavy atom. The SMILES string of the molecule is O=C(O)CCN(c1cccc(S(=O)(=O)CCOS(=O)(=O)O)c1)c1nc(Cl)nc(Nc2cc(S(=O)(=O)O)cc(N=N/C(N=Nc3cc(S(=O)(=O)O)ccc3C(=O)O)=C3\C=CC=CC3)c2O)n1. The van der Waals surface area contributed by atoms with Gasteiger partial charge in [-0.15, -0.1) is 20.5 Å². The molecule has 0 unspecified atom stereocenters. The molecule has 7 N–H and O–H groups in total. The zero-order chi connectivity index (χ0) is 47.9. The minimum Gasteiger partial charge on any atom is -0.504 e. The highest BCUT2D eigenvalue weighted by atomic mass is 35.5. The van der Waals surface area contributed by atoms with Crippen LogP contribution in [-0.4, -0.2) is 108 Å². The molecule has 0 fully saturated rings. The maximum atomic E-state index is 13.0. The van der Waals surface area contributed by atoms with Crippen molar-refractivity contribution < 1.29 is 76.4 Å². The van der Waals surface area contributed by atoms with Crippen LogP contribution < -0.4 is 10.2 Å². The average molecular weight is 1000 g/mol. The third-order valence-corrected chi connectivity index (χ3v) is 12.2. The quantitative estimate of drug-likeness (QED) is 0.0370. The Labute approximate surface area is 372 Å². The van der Waals surface area contributed by atoms with Crippen LogP contribution in [0, 0.1) is 0 Å². The van der Waals surface area contributed by atoms with E-state index in [0.717, 1.165) is 35.2 Å². The Balaban J connectivity index is 1.56. The smallest absolute Gasteiger partial charge is 0.397 e. The fourth-order valence-electron chi connectivity index (χ4n) is 5.28. The average Bonchev–Trinajstić information content (AvgIpc) is 3.20. The molecule has 1 aliphatic carbocycles. The predicted octanol–water partition coefficient (Wildman–Crippen LogP) is 4.97. The summed E-state index contributed by atoms with van der Waals surface area (Å²) in [6.07, 6.45) is 5.85. The van der Waals surface area contributed by atoms with Crippen LogP contribution in [0.4, 0.5) is 34.6 Å². The zero-order valence-electron chi connectivity index (χ0n) is 32.3. The number of phenols is 1. The number of aromatic hydroxyl groups is 1. The molecule has 0 atom stereocenters. The number of sulfone groups is 1. The number of aliphatic carboxylic acids is 1. The molecule has 4 aromatic rings. The van der Waals surface area contributed by atoms with E-state index in [1.807, 2.05) is 0 Å². The number of allylic oxidation sites excluding steroid dienone is 5. The maximum Gasteiger partial charge on any atom is 0.397 e. The van der Waals surface area contributed by atoms with Crippen molar-refractivity contribution in [3.63, 3.8) is 0 Å². The van der Waals surface area contributed by atoms with Crippen LogP contribution in [0.5, 0.6) is 5.75 Å². The van der Waals surface area contributed by atoms with Crippen molar-refractivity contribution in [2.45, 2.75) is 27.5 Å². The predicted molar refractivity (Wildman–Crippen MR) is 223 cm³/mol. The summed E-state index contributed by atoms with van der Waals surface area (Å²) in [6.45, 7) is -1.39. The topological polar surface area (TPSA) is 405 Å². The molecule has 0 saturated carbocycles. The molecule has 1 heterocycles. The Hall–Kier alpha value is -6.64. The first-order chi connectivity index (χ1) is 30.3. The first-order valence-electron chi connectivity index (χ1n) is 17.5. The number of aromatic nitrogens is 3. The highest BCUT2D eigenvalue weighted by molar-refractivity contribution is 7.91. The molecular weight excluding hydrogens is 970 g/mol. The molecule has 1 aromatic heterocycles. The van der Waals surface area contributed by atoms with Crippen molar-refractivity contribution in [1.29, 1.82) is 0 Å². The molecule has 0 saturated heterocycles. The summed E-state index contributed by atoms with van der Waals surface area (Å²) in [7, 11) is -19.2. The van der Waals surface area contributed by atoms with Crippen LogP contribution in [0.3, 0.4) is 0 Å². The van der Waals surface area contributed by atoms with E-state index >= 15 is 0 Å². The monoisotopic (exact) mass is 999 g/mol. The summed E-state index contributed by atoms with van der Waals surface area (Å²) in [5.41, 5.74) is -2.12. The number of hydrogen-bond donors (Lipinski definition) is 7. The van der Waals surface area contributed by atoms with Gasteiger partial charge in [0.2, 0.25) is 17.2 Å². The lowest BCUT2D eigenvalue weighted by Gasteiger charge is -2.23. The van der Waals surface area contributed by atoms with Crippen molar-refractivity contribution in [2.24, 2.45) is 20.5 Å². The van der Waals surface area contributed by atoms with Crippen LogP contribution in [0.25, 0.3) is 0 Å². The number of anilines is 4. The molecular formula is C34H30ClN9O17S4. The second-order valence-electron chi connectivity index (χ2n) is 12.7. The van der Waals surface area contributed by atoms with Gasteiger partial charge in [-0.3, -0.25) is 18.5 Å². The maximum absolute atomic E-state index is 13.0. The second-order valence-corrected chi connectivity index (χ2v) is 19.1. The lowest BCUT2D eigenvalue weighted by Crippen LogP contribution is -2.24. The fourth-order valence-corrected chi connectivity index (χ4v) is 7.99. The minimum atomic E-state index is -5.10. The van der Waals surface area contributed by atoms with Gasteiger partial charge in [-0.05, 0) is 66.6 Å². The van der Waals surface area contributed by atoms with Gasteiger partial charge in [-0.2, -0.15) is 40.2 Å². The number of carbonyl (C=O) groups is 2. The number of azo groups is 2. The van der Waals surface area contributed by atoms with Gasteiger partial charge in [-0.1, -0.05) is 30.4 Å². The third kappa shape index (κ3) is 13.7. The van der Waals surface area contributed by atoms with Crippen molar-refractivity contribution in [1.82, 2.24) is 15.0 Å². The van der Waals surface area contributed by atoms with Crippen LogP contribution in [0.2, 0.25) is 5.28 Å². The normalized spacial score (nSPS) is 14.2. The summed E-state index contributed by atoms with van der Waals surface area (Å²) in [5.74, 6) is -6.05. The molecule has 1 aliphatic rings. The van der Waals surface area contributed by atoms with Gasteiger partial charge < -0.3 is 25.5 Å². The summed E-state index contributed by atoms with van der Waals surface area (Å²) < 4.78 is 129. The number of nitrogens with zero attached hydrogens (tertiary/aromatic N) is 8. The van der Waals surface area contributed by atoms with Crippen LogP contribution in [0.15, 0.2) is 125 Å². The zero-order valence-corrected chi connectivity index (χ0v) is 36.3. The van der Waals surface area contributed by atoms with Crippen LogP contribution >= 0.6 is 11.6 Å². The van der Waals surface area contributed by atoms with Crippen LogP contribution in [0.1, 0.15) is 23.2 Å². The molecule has 0 bridgehead atoms. The molecule has 31 heteroatoms. The largest absolute Gasteiger partial charge is 0.504 e. The molecule has 0 amide bonds. The van der Waals surface area contributed by atoms with Gasteiger partial charge in [0.15, 0.2) is 21.4 Å². The second kappa shape index (κ2) is 20.0.